The quantitative estimate of drug-likeness (QED) is 0.368. The van der Waals surface area contributed by atoms with Crippen molar-refractivity contribution < 1.29 is 23.8 Å². The molecule has 1 aromatic heterocycles. The van der Waals surface area contributed by atoms with E-state index in [1.165, 1.54) is 0 Å². The average molecular weight is 527 g/mol. The van der Waals surface area contributed by atoms with Crippen LogP contribution in [0, 0.1) is 0 Å². The number of carbonyl (C=O) groups is 2. The fourth-order valence-corrected chi connectivity index (χ4v) is 4.84. The Kier molecular flexibility index (Phi) is 6.98. The molecule has 4 aromatic rings. The summed E-state index contributed by atoms with van der Waals surface area (Å²) >= 11 is 0. The van der Waals surface area contributed by atoms with Gasteiger partial charge in [0.2, 0.25) is 5.91 Å². The normalized spacial score (nSPS) is 16.4. The predicted octanol–water partition coefficient (Wildman–Crippen LogP) is 4.31. The Bertz CT molecular complexity index is 1500. The topological polar surface area (TPSA) is 94.9 Å². The second kappa shape index (κ2) is 10.5. The summed E-state index contributed by atoms with van der Waals surface area (Å²) in [4.78, 5) is 29.4. The third kappa shape index (κ3) is 4.79. The summed E-state index contributed by atoms with van der Waals surface area (Å²) in [5.74, 6) is 1.41. The summed E-state index contributed by atoms with van der Waals surface area (Å²) in [7, 11) is 4.78. The molecule has 1 aliphatic heterocycles. The number of fused-ring (bicyclic) bond motifs is 1. The lowest BCUT2D eigenvalue weighted by atomic mass is 9.93. The summed E-state index contributed by atoms with van der Waals surface area (Å²) in [6.07, 6.45) is 0. The van der Waals surface area contributed by atoms with E-state index in [0.717, 1.165) is 16.9 Å². The first kappa shape index (κ1) is 25.8. The van der Waals surface area contributed by atoms with Crippen LogP contribution in [0.4, 0.5) is 5.69 Å². The number of ether oxygens (including phenoxy) is 3. The Balaban J connectivity index is 1.52. The molecule has 0 bridgehead atoms. The Morgan fingerprint density at radius 2 is 1.56 bits per heavy atom. The van der Waals surface area contributed by atoms with E-state index < -0.39 is 5.54 Å². The van der Waals surface area contributed by atoms with E-state index in [-0.39, 0.29) is 24.9 Å². The largest absolute Gasteiger partial charge is 0.497 e. The molecular formula is C30H30N4O5. The summed E-state index contributed by atoms with van der Waals surface area (Å²) < 4.78 is 17.6. The van der Waals surface area contributed by atoms with Crippen LogP contribution >= 0.6 is 0 Å². The number of aromatic nitrogens is 2. The van der Waals surface area contributed by atoms with Crippen LogP contribution in [0.5, 0.6) is 17.2 Å². The van der Waals surface area contributed by atoms with Gasteiger partial charge in [-0.15, -0.1) is 0 Å². The number of benzene rings is 3. The van der Waals surface area contributed by atoms with Crippen LogP contribution in [-0.2, 0) is 17.9 Å². The van der Waals surface area contributed by atoms with Gasteiger partial charge in [0.1, 0.15) is 28.5 Å². The summed E-state index contributed by atoms with van der Waals surface area (Å²) in [6, 6.07) is 23.8. The number of para-hydroxylation sites is 1. The molecule has 1 aliphatic rings. The molecule has 0 fully saturated rings. The fraction of sp³-hybridized carbons (Fsp3) is 0.233. The molecule has 39 heavy (non-hydrogen) atoms. The Hall–Kier alpha value is -4.79. The zero-order valence-electron chi connectivity index (χ0n) is 22.3. The number of hydrogen-bond acceptors (Lipinski definition) is 6. The van der Waals surface area contributed by atoms with Crippen LogP contribution in [0.1, 0.15) is 23.0 Å². The van der Waals surface area contributed by atoms with Gasteiger partial charge in [0.25, 0.3) is 5.91 Å². The fourth-order valence-electron chi connectivity index (χ4n) is 4.84. The smallest absolute Gasteiger partial charge is 0.277 e. The first-order valence-corrected chi connectivity index (χ1v) is 12.5. The minimum absolute atomic E-state index is 0.161. The van der Waals surface area contributed by atoms with Gasteiger partial charge in [-0.2, -0.15) is 5.10 Å². The van der Waals surface area contributed by atoms with Crippen molar-refractivity contribution in [2.24, 2.45) is 0 Å². The van der Waals surface area contributed by atoms with E-state index in [4.69, 9.17) is 19.3 Å². The summed E-state index contributed by atoms with van der Waals surface area (Å²) in [5.41, 5.74) is 2.00. The van der Waals surface area contributed by atoms with Gasteiger partial charge in [-0.3, -0.25) is 19.2 Å². The highest BCUT2D eigenvalue weighted by atomic mass is 16.5. The van der Waals surface area contributed by atoms with Crippen LogP contribution in [0.25, 0.3) is 11.3 Å². The summed E-state index contributed by atoms with van der Waals surface area (Å²) in [5, 5.41) is 7.73. The van der Waals surface area contributed by atoms with Gasteiger partial charge >= 0.3 is 0 Å². The third-order valence-electron chi connectivity index (χ3n) is 6.99. The van der Waals surface area contributed by atoms with Crippen LogP contribution in [-0.4, -0.2) is 48.5 Å². The number of rotatable bonds is 8. The number of carbonyl (C=O) groups excluding carboxylic acids is 2. The van der Waals surface area contributed by atoms with E-state index in [0.29, 0.717) is 28.6 Å². The number of amides is 2. The highest BCUT2D eigenvalue weighted by Crippen LogP contribution is 2.35. The SMILES string of the molecule is COc1ccc(-c2cc3n(n2)C[C@](C)(C(=O)NCc2ccccc2OC)N(c2ccc(OC)cc2)C3=O)cc1. The van der Waals surface area contributed by atoms with Crippen molar-refractivity contribution in [1.82, 2.24) is 15.1 Å². The molecule has 0 unspecified atom stereocenters. The van der Waals surface area contributed by atoms with E-state index in [2.05, 4.69) is 5.32 Å². The lowest BCUT2D eigenvalue weighted by Crippen LogP contribution is -2.64. The maximum absolute atomic E-state index is 14.0. The van der Waals surface area contributed by atoms with Gasteiger partial charge < -0.3 is 19.5 Å². The highest BCUT2D eigenvalue weighted by molar-refractivity contribution is 6.12. The van der Waals surface area contributed by atoms with Gasteiger partial charge in [0, 0.05) is 23.4 Å². The Morgan fingerprint density at radius 1 is 0.923 bits per heavy atom. The molecule has 9 heteroatoms. The van der Waals surface area contributed by atoms with E-state index >= 15 is 0 Å². The number of nitrogens with one attached hydrogen (secondary N) is 1. The zero-order chi connectivity index (χ0) is 27.6. The van der Waals surface area contributed by atoms with Crippen LogP contribution in [0.3, 0.4) is 0 Å². The van der Waals surface area contributed by atoms with Crippen molar-refractivity contribution in [2.45, 2.75) is 25.6 Å². The minimum atomic E-state index is -1.27. The molecular weight excluding hydrogens is 496 g/mol. The van der Waals surface area contributed by atoms with Crippen molar-refractivity contribution in [3.63, 3.8) is 0 Å². The van der Waals surface area contributed by atoms with Crippen molar-refractivity contribution in [3.8, 4) is 28.5 Å². The van der Waals surface area contributed by atoms with Crippen LogP contribution < -0.4 is 24.4 Å². The molecule has 1 N–H and O–H groups in total. The number of anilines is 1. The molecule has 3 aromatic carbocycles. The maximum atomic E-state index is 14.0. The molecule has 0 spiro atoms. The molecule has 200 valence electrons. The van der Waals surface area contributed by atoms with Crippen LogP contribution in [0.2, 0.25) is 0 Å². The Morgan fingerprint density at radius 3 is 2.21 bits per heavy atom. The number of nitrogens with zero attached hydrogens (tertiary/aromatic N) is 3. The molecule has 0 saturated carbocycles. The lowest BCUT2D eigenvalue weighted by Gasteiger charge is -2.43. The molecule has 2 amide bonds. The highest BCUT2D eigenvalue weighted by Gasteiger charge is 2.49. The van der Waals surface area contributed by atoms with E-state index in [1.54, 1.807) is 68.2 Å². The zero-order valence-corrected chi connectivity index (χ0v) is 22.3. The maximum Gasteiger partial charge on any atom is 0.277 e. The molecule has 2 heterocycles. The average Bonchev–Trinajstić information content (AvgIpc) is 3.40. The van der Waals surface area contributed by atoms with Crippen molar-refractivity contribution in [1.29, 1.82) is 0 Å². The van der Waals surface area contributed by atoms with Crippen molar-refractivity contribution in [2.75, 3.05) is 26.2 Å². The molecule has 5 rings (SSSR count). The van der Waals surface area contributed by atoms with Crippen molar-refractivity contribution >= 4 is 17.5 Å². The van der Waals surface area contributed by atoms with Gasteiger partial charge in [-0.05, 0) is 67.6 Å². The second-order valence-corrected chi connectivity index (χ2v) is 9.41. The third-order valence-corrected chi connectivity index (χ3v) is 6.99. The molecule has 0 saturated heterocycles. The number of methoxy groups -OCH3 is 3. The molecule has 0 radical (unpaired) electrons. The van der Waals surface area contributed by atoms with Crippen molar-refractivity contribution in [3.05, 3.63) is 90.1 Å². The molecule has 1 atom stereocenters. The number of hydrogen-bond donors (Lipinski definition) is 1. The van der Waals surface area contributed by atoms with E-state index in [9.17, 15) is 9.59 Å². The standard InChI is InChI=1S/C30H30N4O5/c1-30(29(36)31-18-21-7-5-6-8-27(21)39-4)19-33-26(17-25(32-33)20-9-13-23(37-2)14-10-20)28(35)34(30)22-11-15-24(38-3)16-12-22/h5-17H,18-19H2,1-4H3,(H,31,36)/t30-/m1/s1. The van der Waals surface area contributed by atoms with Gasteiger partial charge in [0.15, 0.2) is 0 Å². The lowest BCUT2D eigenvalue weighted by molar-refractivity contribution is -0.126. The van der Waals surface area contributed by atoms with Crippen LogP contribution in [0.15, 0.2) is 78.9 Å². The van der Waals surface area contributed by atoms with Gasteiger partial charge in [-0.1, -0.05) is 18.2 Å². The summed E-state index contributed by atoms with van der Waals surface area (Å²) in [6.45, 7) is 2.16. The second-order valence-electron chi connectivity index (χ2n) is 9.41. The first-order valence-electron chi connectivity index (χ1n) is 12.5. The van der Waals surface area contributed by atoms with E-state index in [1.807, 2.05) is 48.5 Å². The monoisotopic (exact) mass is 526 g/mol. The molecule has 0 aliphatic carbocycles. The minimum Gasteiger partial charge on any atom is -0.497 e. The van der Waals surface area contributed by atoms with Gasteiger partial charge in [0.05, 0.1) is 33.6 Å². The Labute approximate surface area is 226 Å². The first-order chi connectivity index (χ1) is 18.9. The predicted molar refractivity (Wildman–Crippen MR) is 147 cm³/mol. The van der Waals surface area contributed by atoms with Gasteiger partial charge in [-0.25, -0.2) is 0 Å². The molecule has 9 nitrogen and oxygen atoms in total.